The van der Waals surface area contributed by atoms with E-state index in [0.717, 1.165) is 6.07 Å². The molecule has 1 heterocycles. The van der Waals surface area contributed by atoms with Crippen molar-refractivity contribution in [3.05, 3.63) is 52.1 Å². The molecule has 1 aromatic carbocycles. The highest BCUT2D eigenvalue weighted by Gasteiger charge is 2.31. The molecule has 0 fully saturated rings. The lowest BCUT2D eigenvalue weighted by molar-refractivity contribution is -0.137. The van der Waals surface area contributed by atoms with E-state index < -0.39 is 23.1 Å². The minimum Gasteiger partial charge on any atom is -0.497 e. The second-order valence-corrected chi connectivity index (χ2v) is 3.99. The van der Waals surface area contributed by atoms with Crippen LogP contribution in [-0.2, 0) is 6.18 Å². The number of methoxy groups -OCH3 is 1. The van der Waals surface area contributed by atoms with E-state index in [1.807, 2.05) is 0 Å². The summed E-state index contributed by atoms with van der Waals surface area (Å²) in [7, 11) is 1.33. The third-order valence-electron chi connectivity index (χ3n) is 2.64. The van der Waals surface area contributed by atoms with E-state index in [1.165, 1.54) is 19.2 Å². The molecule has 0 saturated heterocycles. The molecule has 2 rings (SSSR count). The summed E-state index contributed by atoms with van der Waals surface area (Å²) in [5.41, 5.74) is -2.48. The third-order valence-corrected chi connectivity index (χ3v) is 2.64. The number of hydrogen-bond donors (Lipinski definition) is 1. The van der Waals surface area contributed by atoms with Crippen LogP contribution in [0.15, 0.2) is 35.1 Å². The van der Waals surface area contributed by atoms with Gasteiger partial charge in [-0.05, 0) is 18.2 Å². The molecule has 0 aliphatic rings. The predicted octanol–water partition coefficient (Wildman–Crippen LogP) is 3.21. The number of halogens is 4. The molecule has 0 aliphatic heterocycles. The Hall–Kier alpha value is -2.31. The van der Waals surface area contributed by atoms with Crippen LogP contribution in [-0.4, -0.2) is 12.1 Å². The zero-order valence-electron chi connectivity index (χ0n) is 10.2. The molecule has 2 aromatic rings. The number of alkyl halides is 3. The molecule has 0 unspecified atom stereocenters. The first-order valence-electron chi connectivity index (χ1n) is 5.47. The number of benzene rings is 1. The van der Waals surface area contributed by atoms with E-state index in [-0.39, 0.29) is 17.0 Å². The molecular formula is C13H9F4NO2. The van der Waals surface area contributed by atoms with Crippen LogP contribution in [0, 0.1) is 5.82 Å². The van der Waals surface area contributed by atoms with Gasteiger partial charge in [-0.3, -0.25) is 4.79 Å². The second kappa shape index (κ2) is 4.99. The number of hydrogen-bond acceptors (Lipinski definition) is 2. The summed E-state index contributed by atoms with van der Waals surface area (Å²) in [6, 6.07) is 4.75. The van der Waals surface area contributed by atoms with Crippen LogP contribution >= 0.6 is 0 Å². The average molecular weight is 287 g/mol. The molecule has 0 spiro atoms. The van der Waals surface area contributed by atoms with E-state index in [4.69, 9.17) is 4.74 Å². The standard InChI is InChI=1S/C13H9F4NO2/c1-20-8-2-3-9(10(14)6-8)11-4-7(13(15,16)17)5-12(19)18-11/h2-6H,1H3,(H,18,19). The third kappa shape index (κ3) is 2.81. The molecule has 0 saturated carbocycles. The Labute approximate surface area is 110 Å². The number of rotatable bonds is 2. The molecule has 0 atom stereocenters. The van der Waals surface area contributed by atoms with Gasteiger partial charge in [-0.2, -0.15) is 13.2 Å². The maximum atomic E-state index is 13.8. The highest BCUT2D eigenvalue weighted by atomic mass is 19.4. The van der Waals surface area contributed by atoms with Crippen LogP contribution < -0.4 is 10.3 Å². The summed E-state index contributed by atoms with van der Waals surface area (Å²) in [6.07, 6.45) is -4.67. The van der Waals surface area contributed by atoms with Crippen molar-refractivity contribution in [1.29, 1.82) is 0 Å². The normalized spacial score (nSPS) is 11.4. The largest absolute Gasteiger partial charge is 0.497 e. The van der Waals surface area contributed by atoms with E-state index in [9.17, 15) is 22.4 Å². The van der Waals surface area contributed by atoms with E-state index in [0.29, 0.717) is 12.1 Å². The fourth-order valence-corrected chi connectivity index (χ4v) is 1.69. The highest BCUT2D eigenvalue weighted by Crippen LogP contribution is 2.31. The van der Waals surface area contributed by atoms with Gasteiger partial charge < -0.3 is 9.72 Å². The summed E-state index contributed by atoms with van der Waals surface area (Å²) < 4.78 is 56.4. The maximum Gasteiger partial charge on any atom is 0.416 e. The van der Waals surface area contributed by atoms with E-state index in [2.05, 4.69) is 4.98 Å². The minimum atomic E-state index is -4.67. The van der Waals surface area contributed by atoms with Gasteiger partial charge in [0.2, 0.25) is 5.56 Å². The quantitative estimate of drug-likeness (QED) is 0.862. The van der Waals surface area contributed by atoms with Gasteiger partial charge in [-0.15, -0.1) is 0 Å². The first kappa shape index (κ1) is 14.1. The fraction of sp³-hybridized carbons (Fsp3) is 0.154. The molecule has 0 aliphatic carbocycles. The van der Waals surface area contributed by atoms with Crippen molar-refractivity contribution in [2.75, 3.05) is 7.11 Å². The molecule has 0 radical (unpaired) electrons. The molecule has 1 aromatic heterocycles. The first-order valence-corrected chi connectivity index (χ1v) is 5.47. The van der Waals surface area contributed by atoms with Crippen LogP contribution in [0.25, 0.3) is 11.3 Å². The van der Waals surface area contributed by atoms with Crippen molar-refractivity contribution in [3.63, 3.8) is 0 Å². The first-order chi connectivity index (χ1) is 9.31. The Morgan fingerprint density at radius 1 is 1.15 bits per heavy atom. The van der Waals surface area contributed by atoms with Crippen LogP contribution in [0.2, 0.25) is 0 Å². The van der Waals surface area contributed by atoms with Crippen molar-refractivity contribution < 1.29 is 22.3 Å². The van der Waals surface area contributed by atoms with Crippen molar-refractivity contribution in [2.45, 2.75) is 6.18 Å². The number of aromatic amines is 1. The maximum absolute atomic E-state index is 13.8. The lowest BCUT2D eigenvalue weighted by Crippen LogP contribution is -2.14. The van der Waals surface area contributed by atoms with Crippen LogP contribution in [0.1, 0.15) is 5.56 Å². The summed E-state index contributed by atoms with van der Waals surface area (Å²) in [5, 5.41) is 0. The lowest BCUT2D eigenvalue weighted by atomic mass is 10.1. The van der Waals surface area contributed by atoms with Gasteiger partial charge in [0.25, 0.3) is 0 Å². The van der Waals surface area contributed by atoms with Crippen LogP contribution in [0.3, 0.4) is 0 Å². The van der Waals surface area contributed by atoms with Gasteiger partial charge in [0, 0.05) is 17.7 Å². The summed E-state index contributed by atoms with van der Waals surface area (Å²) in [5.74, 6) is -0.570. The Morgan fingerprint density at radius 3 is 2.40 bits per heavy atom. The lowest BCUT2D eigenvalue weighted by Gasteiger charge is -2.09. The Bertz CT molecular complexity index is 692. The van der Waals surface area contributed by atoms with Gasteiger partial charge in [-0.1, -0.05) is 0 Å². The fourth-order valence-electron chi connectivity index (χ4n) is 1.69. The Morgan fingerprint density at radius 2 is 1.85 bits per heavy atom. The Kier molecular flexibility index (Phi) is 3.52. The van der Waals surface area contributed by atoms with Crippen LogP contribution in [0.4, 0.5) is 17.6 Å². The molecule has 0 bridgehead atoms. The van der Waals surface area contributed by atoms with Crippen LogP contribution in [0.5, 0.6) is 5.75 Å². The van der Waals surface area contributed by atoms with Crippen molar-refractivity contribution >= 4 is 0 Å². The van der Waals surface area contributed by atoms with Crippen molar-refractivity contribution in [1.82, 2.24) is 4.98 Å². The molecule has 20 heavy (non-hydrogen) atoms. The van der Waals surface area contributed by atoms with Crippen molar-refractivity contribution in [2.24, 2.45) is 0 Å². The zero-order valence-corrected chi connectivity index (χ0v) is 10.2. The van der Waals surface area contributed by atoms with Crippen molar-refractivity contribution in [3.8, 4) is 17.0 Å². The number of aromatic nitrogens is 1. The van der Waals surface area contributed by atoms with E-state index in [1.54, 1.807) is 0 Å². The van der Waals surface area contributed by atoms with Gasteiger partial charge in [0.1, 0.15) is 11.6 Å². The minimum absolute atomic E-state index is 0.144. The summed E-state index contributed by atoms with van der Waals surface area (Å²) in [4.78, 5) is 13.4. The molecule has 106 valence electrons. The number of ether oxygens (including phenoxy) is 1. The molecule has 0 amide bonds. The average Bonchev–Trinajstić information content (AvgIpc) is 2.36. The summed E-state index contributed by atoms with van der Waals surface area (Å²) >= 11 is 0. The molecule has 1 N–H and O–H groups in total. The highest BCUT2D eigenvalue weighted by molar-refractivity contribution is 5.61. The SMILES string of the molecule is COc1ccc(-c2cc(C(F)(F)F)cc(=O)[nH]2)c(F)c1. The zero-order chi connectivity index (χ0) is 14.9. The molecule has 7 heteroatoms. The van der Waals surface area contributed by atoms with Gasteiger partial charge in [0.05, 0.1) is 18.4 Å². The predicted molar refractivity (Wildman–Crippen MR) is 64.0 cm³/mol. The van der Waals surface area contributed by atoms with Gasteiger partial charge >= 0.3 is 6.18 Å². The molecule has 3 nitrogen and oxygen atoms in total. The topological polar surface area (TPSA) is 42.1 Å². The molecular weight excluding hydrogens is 278 g/mol. The van der Waals surface area contributed by atoms with E-state index >= 15 is 0 Å². The Balaban J connectivity index is 2.59. The number of pyridine rings is 1. The number of nitrogens with one attached hydrogen (secondary N) is 1. The monoisotopic (exact) mass is 287 g/mol. The van der Waals surface area contributed by atoms with Gasteiger partial charge in [0.15, 0.2) is 0 Å². The smallest absolute Gasteiger partial charge is 0.416 e. The van der Waals surface area contributed by atoms with Gasteiger partial charge in [-0.25, -0.2) is 4.39 Å². The number of H-pyrrole nitrogens is 1. The second-order valence-electron chi connectivity index (χ2n) is 3.99. The summed E-state index contributed by atoms with van der Waals surface area (Å²) in [6.45, 7) is 0.